The van der Waals surface area contributed by atoms with Crippen molar-refractivity contribution in [2.75, 3.05) is 7.05 Å². The predicted octanol–water partition coefficient (Wildman–Crippen LogP) is 0.441. The molecule has 0 saturated carbocycles. The summed E-state index contributed by atoms with van der Waals surface area (Å²) in [6.45, 7) is 0. The Morgan fingerprint density at radius 2 is 2.60 bits per heavy atom. The molecule has 0 radical (unpaired) electrons. The van der Waals surface area contributed by atoms with Gasteiger partial charge in [-0.05, 0) is 6.07 Å². The third-order valence-corrected chi connectivity index (χ3v) is 1.56. The summed E-state index contributed by atoms with van der Waals surface area (Å²) in [5.41, 5.74) is 0.442. The lowest BCUT2D eigenvalue weighted by Crippen LogP contribution is -2.18. The number of rotatable bonds is 1. The van der Waals surface area contributed by atoms with Crippen molar-refractivity contribution in [3.05, 3.63) is 18.0 Å². The summed E-state index contributed by atoms with van der Waals surface area (Å²) in [7, 11) is 1.58. The maximum absolute atomic E-state index is 10.8. The molecule has 1 aromatic heterocycles. The molecule has 0 aliphatic carbocycles. The van der Waals surface area contributed by atoms with Gasteiger partial charge in [0.15, 0.2) is 5.69 Å². The second-order valence-electron chi connectivity index (χ2n) is 1.67. The van der Waals surface area contributed by atoms with Gasteiger partial charge in [0.1, 0.15) is 0 Å². The van der Waals surface area contributed by atoms with Crippen molar-refractivity contribution in [3.63, 3.8) is 0 Å². The van der Waals surface area contributed by atoms with Crippen LogP contribution in [0.25, 0.3) is 0 Å². The first-order valence-electron chi connectivity index (χ1n) is 2.68. The maximum Gasteiger partial charge on any atom is 0.271 e. The summed E-state index contributed by atoms with van der Waals surface area (Å²) in [6.07, 6.45) is 1.71. The molecule has 0 atom stereocenters. The van der Waals surface area contributed by atoms with Crippen molar-refractivity contribution >= 4 is 28.8 Å². The Kier molecular flexibility index (Phi) is 2.25. The van der Waals surface area contributed by atoms with Crippen LogP contribution in [0.5, 0.6) is 0 Å². The minimum Gasteiger partial charge on any atom is -0.354 e. The van der Waals surface area contributed by atoms with Crippen molar-refractivity contribution < 1.29 is 4.79 Å². The van der Waals surface area contributed by atoms with E-state index in [9.17, 15) is 4.79 Å². The molecule has 0 unspecified atom stereocenters. The second kappa shape index (κ2) is 3.00. The van der Waals surface area contributed by atoms with Crippen LogP contribution in [0.4, 0.5) is 0 Å². The molecule has 1 heterocycles. The Labute approximate surface area is 72.1 Å². The lowest BCUT2D eigenvalue weighted by molar-refractivity contribution is 0.0958. The number of aromatic nitrogens is 2. The van der Waals surface area contributed by atoms with Crippen LogP contribution in [0.3, 0.4) is 0 Å². The molecule has 54 valence electrons. The number of nitrogens with one attached hydrogen (secondary N) is 1. The van der Waals surface area contributed by atoms with Crippen LogP contribution in [-0.2, 0) is 0 Å². The van der Waals surface area contributed by atoms with Crippen LogP contribution in [0.1, 0.15) is 10.5 Å². The Morgan fingerprint density at radius 3 is 3.00 bits per heavy atom. The van der Waals surface area contributed by atoms with Crippen molar-refractivity contribution in [1.82, 2.24) is 13.3 Å². The van der Waals surface area contributed by atoms with Crippen LogP contribution in [0.15, 0.2) is 12.3 Å². The van der Waals surface area contributed by atoms with E-state index in [1.54, 1.807) is 22.2 Å². The quantitative estimate of drug-likeness (QED) is 0.736. The highest BCUT2D eigenvalue weighted by molar-refractivity contribution is 14.1. The average molecular weight is 251 g/mol. The zero-order valence-corrected chi connectivity index (χ0v) is 7.49. The second-order valence-corrected chi connectivity index (χ2v) is 2.66. The number of amides is 1. The van der Waals surface area contributed by atoms with Gasteiger partial charge in [-0.2, -0.15) is 5.10 Å². The normalized spacial score (nSPS) is 9.40. The van der Waals surface area contributed by atoms with Gasteiger partial charge in [-0.3, -0.25) is 4.79 Å². The highest BCUT2D eigenvalue weighted by atomic mass is 127. The monoisotopic (exact) mass is 251 g/mol. The first-order valence-corrected chi connectivity index (χ1v) is 3.64. The highest BCUT2D eigenvalue weighted by Crippen LogP contribution is 1.97. The molecule has 0 saturated heterocycles. The molecule has 1 rings (SSSR count). The third-order valence-electron chi connectivity index (χ3n) is 1.02. The Morgan fingerprint density at radius 1 is 1.90 bits per heavy atom. The summed E-state index contributed by atoms with van der Waals surface area (Å²) >= 11 is 1.98. The Bertz CT molecular complexity index is 245. The molecule has 1 aromatic rings. The summed E-state index contributed by atoms with van der Waals surface area (Å²) in [5, 5.41) is 6.35. The Balaban J connectivity index is 2.85. The van der Waals surface area contributed by atoms with Gasteiger partial charge in [-0.1, -0.05) is 0 Å². The predicted molar refractivity (Wildman–Crippen MR) is 45.0 cm³/mol. The number of hydrogen-bond donors (Lipinski definition) is 1. The van der Waals surface area contributed by atoms with Gasteiger partial charge in [0, 0.05) is 13.2 Å². The third kappa shape index (κ3) is 1.47. The standard InChI is InChI=1S/C5H6IN3O/c1-7-5(10)4-2-3-9(6)8-4/h2-3H,1H3,(H,7,10). The molecule has 1 amide bonds. The van der Waals surface area contributed by atoms with E-state index in [0.717, 1.165) is 0 Å². The zero-order chi connectivity index (χ0) is 7.56. The van der Waals surface area contributed by atoms with E-state index < -0.39 is 0 Å². The largest absolute Gasteiger partial charge is 0.354 e. The molecule has 5 heteroatoms. The molecule has 0 aromatic carbocycles. The van der Waals surface area contributed by atoms with E-state index in [1.165, 1.54) is 0 Å². The number of halogens is 1. The summed E-state index contributed by atoms with van der Waals surface area (Å²) in [6, 6.07) is 1.66. The molecular formula is C5H6IN3O. The van der Waals surface area contributed by atoms with E-state index in [2.05, 4.69) is 10.4 Å². The van der Waals surface area contributed by atoms with Crippen LogP contribution < -0.4 is 5.32 Å². The van der Waals surface area contributed by atoms with Gasteiger partial charge in [0.2, 0.25) is 0 Å². The summed E-state index contributed by atoms with van der Waals surface area (Å²) in [4.78, 5) is 10.8. The maximum atomic E-state index is 10.8. The van der Waals surface area contributed by atoms with E-state index in [0.29, 0.717) is 5.69 Å². The van der Waals surface area contributed by atoms with Gasteiger partial charge >= 0.3 is 0 Å². The molecule has 0 bridgehead atoms. The molecule has 0 fully saturated rings. The Hall–Kier alpha value is -0.590. The van der Waals surface area contributed by atoms with Crippen LogP contribution in [-0.4, -0.2) is 20.9 Å². The fourth-order valence-electron chi connectivity index (χ4n) is 0.551. The van der Waals surface area contributed by atoms with Gasteiger partial charge in [0.25, 0.3) is 5.91 Å². The minimum atomic E-state index is -0.157. The lowest BCUT2D eigenvalue weighted by Gasteiger charge is -1.90. The van der Waals surface area contributed by atoms with Crippen molar-refractivity contribution in [2.45, 2.75) is 0 Å². The SMILES string of the molecule is CNC(=O)c1ccn(I)n1. The minimum absolute atomic E-state index is 0.157. The molecule has 10 heavy (non-hydrogen) atoms. The first-order chi connectivity index (χ1) is 4.74. The van der Waals surface area contributed by atoms with Gasteiger partial charge in [-0.15, -0.1) is 0 Å². The van der Waals surface area contributed by atoms with Crippen LogP contribution in [0, 0.1) is 0 Å². The summed E-state index contributed by atoms with van der Waals surface area (Å²) in [5.74, 6) is -0.157. The molecule has 0 spiro atoms. The van der Waals surface area contributed by atoms with E-state index in [1.807, 2.05) is 22.9 Å². The van der Waals surface area contributed by atoms with Crippen molar-refractivity contribution in [2.24, 2.45) is 0 Å². The van der Waals surface area contributed by atoms with Crippen LogP contribution >= 0.6 is 22.9 Å². The molecular weight excluding hydrogens is 245 g/mol. The number of nitrogens with zero attached hydrogens (tertiary/aromatic N) is 2. The van der Waals surface area contributed by atoms with Gasteiger partial charge in [0.05, 0.1) is 22.9 Å². The van der Waals surface area contributed by atoms with Crippen LogP contribution in [0.2, 0.25) is 0 Å². The van der Waals surface area contributed by atoms with Gasteiger partial charge in [-0.25, -0.2) is 2.90 Å². The smallest absolute Gasteiger partial charge is 0.271 e. The molecule has 0 aliphatic rings. The van der Waals surface area contributed by atoms with E-state index in [4.69, 9.17) is 0 Å². The van der Waals surface area contributed by atoms with Gasteiger partial charge < -0.3 is 5.32 Å². The number of carbonyl (C=O) groups is 1. The highest BCUT2D eigenvalue weighted by Gasteiger charge is 2.04. The van der Waals surface area contributed by atoms with Crippen molar-refractivity contribution in [1.29, 1.82) is 0 Å². The average Bonchev–Trinajstić information content (AvgIpc) is 2.34. The zero-order valence-electron chi connectivity index (χ0n) is 5.34. The molecule has 1 N–H and O–H groups in total. The van der Waals surface area contributed by atoms with E-state index >= 15 is 0 Å². The lowest BCUT2D eigenvalue weighted by atomic mass is 10.4. The topological polar surface area (TPSA) is 46.9 Å². The van der Waals surface area contributed by atoms with E-state index in [-0.39, 0.29) is 5.91 Å². The summed E-state index contributed by atoms with van der Waals surface area (Å²) < 4.78 is 1.56. The molecule has 0 aliphatic heterocycles. The number of carbonyl (C=O) groups excluding carboxylic acids is 1. The first kappa shape index (κ1) is 7.52. The fraction of sp³-hybridized carbons (Fsp3) is 0.200. The molecule has 4 nitrogen and oxygen atoms in total. The number of hydrogen-bond acceptors (Lipinski definition) is 2. The van der Waals surface area contributed by atoms with Crippen molar-refractivity contribution in [3.8, 4) is 0 Å². The fourth-order valence-corrected chi connectivity index (χ4v) is 0.944.